The summed E-state index contributed by atoms with van der Waals surface area (Å²) in [7, 11) is 0. The van der Waals surface area contributed by atoms with E-state index in [1.165, 1.54) is 10.7 Å². The summed E-state index contributed by atoms with van der Waals surface area (Å²) in [5, 5.41) is 10.9. The van der Waals surface area contributed by atoms with E-state index in [4.69, 9.17) is 9.26 Å². The molecule has 0 aliphatic carbocycles. The number of nitrogens with zero attached hydrogens (tertiary/aromatic N) is 3. The minimum absolute atomic E-state index is 0.327. The first-order chi connectivity index (χ1) is 15.3. The molecule has 0 aliphatic rings. The zero-order chi connectivity index (χ0) is 22.8. The predicted molar refractivity (Wildman–Crippen MR) is 118 cm³/mol. The van der Waals surface area contributed by atoms with Crippen LogP contribution < -0.4 is 10.1 Å². The van der Waals surface area contributed by atoms with Gasteiger partial charge in [0.2, 0.25) is 0 Å². The van der Waals surface area contributed by atoms with Gasteiger partial charge in [0.1, 0.15) is 23.8 Å². The SMILES string of the molecule is Cc1cc(C)n(-c2ccc(NC(=O)c3ccc(OCc4c(C)noc4C)cc3)cc2F)n1. The maximum atomic E-state index is 14.6. The Labute approximate surface area is 184 Å². The molecule has 0 unspecified atom stereocenters. The minimum Gasteiger partial charge on any atom is -0.489 e. The van der Waals surface area contributed by atoms with Crippen molar-refractivity contribution in [3.63, 3.8) is 0 Å². The summed E-state index contributed by atoms with van der Waals surface area (Å²) >= 11 is 0. The van der Waals surface area contributed by atoms with Crippen molar-refractivity contribution in [2.45, 2.75) is 34.3 Å². The highest BCUT2D eigenvalue weighted by Gasteiger charge is 2.13. The highest BCUT2D eigenvalue weighted by molar-refractivity contribution is 6.04. The quantitative estimate of drug-likeness (QED) is 0.458. The third-order valence-electron chi connectivity index (χ3n) is 5.12. The summed E-state index contributed by atoms with van der Waals surface area (Å²) in [4.78, 5) is 12.6. The van der Waals surface area contributed by atoms with Gasteiger partial charge in [0.15, 0.2) is 5.82 Å². The Morgan fingerprint density at radius 1 is 1.09 bits per heavy atom. The van der Waals surface area contributed by atoms with E-state index < -0.39 is 5.82 Å². The molecule has 4 rings (SSSR count). The van der Waals surface area contributed by atoms with Gasteiger partial charge < -0.3 is 14.6 Å². The van der Waals surface area contributed by atoms with Crippen LogP contribution in [-0.4, -0.2) is 20.8 Å². The molecule has 0 radical (unpaired) electrons. The normalized spacial score (nSPS) is 10.9. The van der Waals surface area contributed by atoms with Gasteiger partial charge in [-0.05, 0) is 76.2 Å². The Kier molecular flexibility index (Phi) is 5.77. The average molecular weight is 434 g/mol. The zero-order valence-electron chi connectivity index (χ0n) is 18.3. The summed E-state index contributed by atoms with van der Waals surface area (Å²) in [6.07, 6.45) is 0. The van der Waals surface area contributed by atoms with Gasteiger partial charge >= 0.3 is 0 Å². The summed E-state index contributed by atoms with van der Waals surface area (Å²) in [6, 6.07) is 13.1. The number of hydrogen-bond acceptors (Lipinski definition) is 5. The first-order valence-electron chi connectivity index (χ1n) is 10.1. The minimum atomic E-state index is -0.475. The molecule has 2 aromatic carbocycles. The van der Waals surface area contributed by atoms with Gasteiger partial charge in [-0.3, -0.25) is 4.79 Å². The molecule has 164 valence electrons. The van der Waals surface area contributed by atoms with Crippen molar-refractivity contribution >= 4 is 11.6 Å². The van der Waals surface area contributed by atoms with Crippen LogP contribution in [0.2, 0.25) is 0 Å². The summed E-state index contributed by atoms with van der Waals surface area (Å²) in [5.41, 5.74) is 4.43. The molecule has 0 atom stereocenters. The number of nitrogens with one attached hydrogen (secondary N) is 1. The molecular formula is C24H23FN4O3. The zero-order valence-corrected chi connectivity index (χ0v) is 18.3. The molecular weight excluding hydrogens is 411 g/mol. The van der Waals surface area contributed by atoms with Crippen LogP contribution in [0.4, 0.5) is 10.1 Å². The maximum absolute atomic E-state index is 14.6. The monoisotopic (exact) mass is 434 g/mol. The molecule has 32 heavy (non-hydrogen) atoms. The fourth-order valence-corrected chi connectivity index (χ4v) is 3.40. The van der Waals surface area contributed by atoms with Crippen LogP contribution in [-0.2, 0) is 6.61 Å². The molecule has 1 N–H and O–H groups in total. The Hall–Kier alpha value is -3.94. The molecule has 2 heterocycles. The van der Waals surface area contributed by atoms with Crippen LogP contribution in [0, 0.1) is 33.5 Å². The van der Waals surface area contributed by atoms with Crippen molar-refractivity contribution in [2.75, 3.05) is 5.32 Å². The van der Waals surface area contributed by atoms with Crippen LogP contribution in [0.3, 0.4) is 0 Å². The number of halogens is 1. The van der Waals surface area contributed by atoms with E-state index in [1.807, 2.05) is 33.8 Å². The second-order valence-corrected chi connectivity index (χ2v) is 7.57. The molecule has 4 aromatic rings. The number of amides is 1. The number of anilines is 1. The van der Waals surface area contributed by atoms with Crippen molar-refractivity contribution in [1.29, 1.82) is 0 Å². The predicted octanol–water partition coefficient (Wildman–Crippen LogP) is 5.06. The Bertz CT molecular complexity index is 1260. The van der Waals surface area contributed by atoms with Crippen LogP contribution in [0.1, 0.15) is 38.8 Å². The maximum Gasteiger partial charge on any atom is 0.255 e. The topological polar surface area (TPSA) is 82.2 Å². The number of aryl methyl sites for hydroxylation is 4. The lowest BCUT2D eigenvalue weighted by atomic mass is 10.2. The fourth-order valence-electron chi connectivity index (χ4n) is 3.40. The Morgan fingerprint density at radius 2 is 1.84 bits per heavy atom. The molecule has 0 saturated heterocycles. The fraction of sp³-hybridized carbons (Fsp3) is 0.208. The third kappa shape index (κ3) is 4.39. The largest absolute Gasteiger partial charge is 0.489 e. The van der Waals surface area contributed by atoms with Crippen molar-refractivity contribution in [1.82, 2.24) is 14.9 Å². The lowest BCUT2D eigenvalue weighted by Gasteiger charge is -2.10. The average Bonchev–Trinajstić information content (AvgIpc) is 3.26. The van der Waals surface area contributed by atoms with Gasteiger partial charge in [0.05, 0.1) is 17.0 Å². The number of rotatable bonds is 6. The van der Waals surface area contributed by atoms with Crippen LogP contribution in [0.5, 0.6) is 5.75 Å². The van der Waals surface area contributed by atoms with Gasteiger partial charge in [0.25, 0.3) is 5.91 Å². The molecule has 7 nitrogen and oxygen atoms in total. The molecule has 2 aromatic heterocycles. The first kappa shape index (κ1) is 21.3. The Morgan fingerprint density at radius 3 is 2.44 bits per heavy atom. The van der Waals surface area contributed by atoms with Gasteiger partial charge in [-0.15, -0.1) is 0 Å². The first-order valence-corrected chi connectivity index (χ1v) is 10.1. The standard InChI is InChI=1S/C24H23FN4O3/c1-14-11-15(2)29(27-14)23-10-7-19(12-22(23)25)26-24(30)18-5-8-20(9-6-18)31-13-21-16(3)28-32-17(21)4/h5-12H,13H2,1-4H3,(H,26,30). The number of carbonyl (C=O) groups excluding carboxylic acids is 1. The number of carbonyl (C=O) groups is 1. The van der Waals surface area contributed by atoms with Crippen molar-refractivity contribution < 1.29 is 18.4 Å². The van der Waals surface area contributed by atoms with E-state index in [0.717, 1.165) is 28.4 Å². The van der Waals surface area contributed by atoms with Crippen LogP contribution in [0.15, 0.2) is 53.1 Å². The van der Waals surface area contributed by atoms with E-state index >= 15 is 0 Å². The number of hydrogen-bond donors (Lipinski definition) is 1. The van der Waals surface area contributed by atoms with Crippen molar-refractivity contribution in [3.8, 4) is 11.4 Å². The highest BCUT2D eigenvalue weighted by atomic mass is 19.1. The van der Waals surface area contributed by atoms with Crippen molar-refractivity contribution in [2.24, 2.45) is 0 Å². The van der Waals surface area contributed by atoms with Crippen LogP contribution >= 0.6 is 0 Å². The molecule has 1 amide bonds. The van der Waals surface area contributed by atoms with Gasteiger partial charge in [-0.1, -0.05) is 5.16 Å². The van der Waals surface area contributed by atoms with Crippen LogP contribution in [0.25, 0.3) is 5.69 Å². The Balaban J connectivity index is 1.41. The van der Waals surface area contributed by atoms with E-state index in [0.29, 0.717) is 29.3 Å². The smallest absolute Gasteiger partial charge is 0.255 e. The lowest BCUT2D eigenvalue weighted by molar-refractivity contribution is 0.102. The highest BCUT2D eigenvalue weighted by Crippen LogP contribution is 2.22. The molecule has 0 saturated carbocycles. The van der Waals surface area contributed by atoms with Gasteiger partial charge in [-0.25, -0.2) is 9.07 Å². The third-order valence-corrected chi connectivity index (χ3v) is 5.12. The number of ether oxygens (including phenoxy) is 1. The molecule has 0 bridgehead atoms. The molecule has 0 fully saturated rings. The second-order valence-electron chi connectivity index (χ2n) is 7.57. The van der Waals surface area contributed by atoms with Gasteiger partial charge in [0, 0.05) is 16.9 Å². The van der Waals surface area contributed by atoms with E-state index in [1.54, 1.807) is 36.4 Å². The molecule has 8 heteroatoms. The lowest BCUT2D eigenvalue weighted by Crippen LogP contribution is -2.12. The molecule has 0 spiro atoms. The number of benzene rings is 2. The molecule has 0 aliphatic heterocycles. The van der Waals surface area contributed by atoms with E-state index in [9.17, 15) is 9.18 Å². The van der Waals surface area contributed by atoms with Gasteiger partial charge in [-0.2, -0.15) is 5.10 Å². The number of aromatic nitrogens is 3. The second kappa shape index (κ2) is 8.66. The van der Waals surface area contributed by atoms with E-state index in [-0.39, 0.29) is 5.91 Å². The van der Waals surface area contributed by atoms with Crippen molar-refractivity contribution in [3.05, 3.63) is 88.3 Å². The summed E-state index contributed by atoms with van der Waals surface area (Å²) in [5.74, 6) is 0.508. The summed E-state index contributed by atoms with van der Waals surface area (Å²) in [6.45, 7) is 7.72. The van der Waals surface area contributed by atoms with E-state index in [2.05, 4.69) is 15.6 Å². The summed E-state index contributed by atoms with van der Waals surface area (Å²) < 4.78 is 27.1.